The van der Waals surface area contributed by atoms with Crippen LogP contribution in [0.3, 0.4) is 0 Å². The molecule has 0 radical (unpaired) electrons. The molecule has 1 fully saturated rings. The lowest BCUT2D eigenvalue weighted by Gasteiger charge is -2.37. The van der Waals surface area contributed by atoms with E-state index in [1.807, 2.05) is 0 Å². The second-order valence-electron chi connectivity index (χ2n) is 4.26. The van der Waals surface area contributed by atoms with E-state index in [1.54, 1.807) is 4.90 Å². The first-order valence-electron chi connectivity index (χ1n) is 5.81. The molecule has 1 N–H and O–H groups in total. The van der Waals surface area contributed by atoms with E-state index in [0.29, 0.717) is 12.4 Å². The predicted octanol–water partition coefficient (Wildman–Crippen LogP) is 1.99. The number of anilines is 1. The Morgan fingerprint density at radius 3 is 2.83 bits per heavy atom. The summed E-state index contributed by atoms with van der Waals surface area (Å²) in [6.07, 6.45) is 4.45. The van der Waals surface area contributed by atoms with Crippen LogP contribution in [0.4, 0.5) is 11.5 Å². The van der Waals surface area contributed by atoms with E-state index in [9.17, 15) is 10.1 Å². The van der Waals surface area contributed by atoms with Crippen LogP contribution in [0, 0.1) is 10.1 Å². The maximum Gasteiger partial charge on any atom is 0.313 e. The molecule has 2 rings (SSSR count). The summed E-state index contributed by atoms with van der Waals surface area (Å²) in [7, 11) is 0. The van der Waals surface area contributed by atoms with E-state index in [2.05, 4.69) is 4.98 Å². The quantitative estimate of drug-likeness (QED) is 0.654. The summed E-state index contributed by atoms with van der Waals surface area (Å²) < 4.78 is 0. The highest BCUT2D eigenvalue weighted by Crippen LogP contribution is 2.34. The Balaban J connectivity index is 2.36. The van der Waals surface area contributed by atoms with Crippen LogP contribution in [-0.4, -0.2) is 34.2 Å². The third-order valence-corrected chi connectivity index (χ3v) is 3.35. The van der Waals surface area contributed by atoms with Gasteiger partial charge in [0.15, 0.2) is 0 Å². The van der Waals surface area contributed by atoms with Gasteiger partial charge in [-0.3, -0.25) is 10.1 Å². The summed E-state index contributed by atoms with van der Waals surface area (Å²) in [4.78, 5) is 16.4. The normalized spacial score (nSPS) is 15.2. The summed E-state index contributed by atoms with van der Waals surface area (Å²) in [6, 6.07) is 1.52. The van der Waals surface area contributed by atoms with Gasteiger partial charge in [0.2, 0.25) is 5.82 Å². The third-order valence-electron chi connectivity index (χ3n) is 3.14. The van der Waals surface area contributed by atoms with Crippen molar-refractivity contribution >= 4 is 23.1 Å². The molecule has 0 saturated heterocycles. The number of nitrogens with zero attached hydrogens (tertiary/aromatic N) is 3. The van der Waals surface area contributed by atoms with Crippen LogP contribution in [0.2, 0.25) is 5.02 Å². The van der Waals surface area contributed by atoms with Gasteiger partial charge in [0.1, 0.15) is 0 Å². The topological polar surface area (TPSA) is 79.5 Å². The van der Waals surface area contributed by atoms with E-state index < -0.39 is 4.92 Å². The van der Waals surface area contributed by atoms with Crippen molar-refractivity contribution in [2.45, 2.75) is 25.3 Å². The lowest BCUT2D eigenvalue weighted by Crippen LogP contribution is -2.42. The molecule has 1 saturated carbocycles. The van der Waals surface area contributed by atoms with Crippen molar-refractivity contribution in [1.82, 2.24) is 4.98 Å². The highest BCUT2D eigenvalue weighted by Gasteiger charge is 2.30. The number of aliphatic hydroxyl groups excluding tert-OH is 1. The standard InChI is InChI=1S/C11H14ClN3O3/c12-8-6-10(15(17)18)11(13-7-8)14(4-5-16)9-2-1-3-9/h6-7,9,16H,1-5H2. The Hall–Kier alpha value is -1.40. The van der Waals surface area contributed by atoms with Crippen LogP contribution in [0.1, 0.15) is 19.3 Å². The molecule has 0 bridgehead atoms. The fourth-order valence-corrected chi connectivity index (χ4v) is 2.20. The van der Waals surface area contributed by atoms with Gasteiger partial charge in [0.05, 0.1) is 16.6 Å². The number of hydrogen-bond acceptors (Lipinski definition) is 5. The van der Waals surface area contributed by atoms with Gasteiger partial charge in [0.25, 0.3) is 0 Å². The molecule has 6 nitrogen and oxygen atoms in total. The number of aromatic nitrogens is 1. The molecular formula is C11H14ClN3O3. The van der Waals surface area contributed by atoms with Crippen molar-refractivity contribution in [2.24, 2.45) is 0 Å². The van der Waals surface area contributed by atoms with Gasteiger partial charge in [-0.25, -0.2) is 4.98 Å². The fraction of sp³-hybridized carbons (Fsp3) is 0.545. The van der Waals surface area contributed by atoms with Gasteiger partial charge in [-0.1, -0.05) is 11.6 Å². The Labute approximate surface area is 109 Å². The van der Waals surface area contributed by atoms with E-state index in [4.69, 9.17) is 16.7 Å². The Morgan fingerprint density at radius 2 is 2.33 bits per heavy atom. The molecule has 7 heteroatoms. The maximum atomic E-state index is 11.0. The van der Waals surface area contributed by atoms with Crippen LogP contribution in [0.25, 0.3) is 0 Å². The number of aliphatic hydroxyl groups is 1. The van der Waals surface area contributed by atoms with Crippen molar-refractivity contribution in [3.63, 3.8) is 0 Å². The summed E-state index contributed by atoms with van der Waals surface area (Å²) in [5.74, 6) is 0.295. The molecular weight excluding hydrogens is 258 g/mol. The van der Waals surface area contributed by atoms with Crippen molar-refractivity contribution in [2.75, 3.05) is 18.1 Å². The van der Waals surface area contributed by atoms with Crippen molar-refractivity contribution in [3.05, 3.63) is 27.4 Å². The predicted molar refractivity (Wildman–Crippen MR) is 68.0 cm³/mol. The van der Waals surface area contributed by atoms with Gasteiger partial charge in [0, 0.05) is 24.8 Å². The van der Waals surface area contributed by atoms with Crippen LogP contribution >= 0.6 is 11.6 Å². The first kappa shape index (κ1) is 13.0. The molecule has 18 heavy (non-hydrogen) atoms. The number of halogens is 1. The maximum absolute atomic E-state index is 11.0. The van der Waals surface area contributed by atoms with Gasteiger partial charge in [-0.05, 0) is 19.3 Å². The minimum atomic E-state index is -0.489. The molecule has 0 unspecified atom stereocenters. The molecule has 1 aromatic rings. The van der Waals surface area contributed by atoms with Crippen molar-refractivity contribution in [1.29, 1.82) is 0 Å². The van der Waals surface area contributed by atoms with Gasteiger partial charge >= 0.3 is 5.69 Å². The fourth-order valence-electron chi connectivity index (χ4n) is 2.04. The molecule has 0 aliphatic heterocycles. The Bertz CT molecular complexity index is 451. The lowest BCUT2D eigenvalue weighted by molar-refractivity contribution is -0.384. The Kier molecular flexibility index (Phi) is 3.98. The lowest BCUT2D eigenvalue weighted by atomic mass is 9.91. The zero-order valence-corrected chi connectivity index (χ0v) is 10.5. The van der Waals surface area contributed by atoms with E-state index in [0.717, 1.165) is 19.3 Å². The number of hydrogen-bond donors (Lipinski definition) is 1. The summed E-state index contributed by atoms with van der Waals surface area (Å²) >= 11 is 5.74. The summed E-state index contributed by atoms with van der Waals surface area (Å²) in [5, 5.41) is 20.4. The zero-order chi connectivity index (χ0) is 13.1. The monoisotopic (exact) mass is 271 g/mol. The molecule has 0 aromatic carbocycles. The SMILES string of the molecule is O=[N+]([O-])c1cc(Cl)cnc1N(CCO)C1CCC1. The first-order chi connectivity index (χ1) is 8.63. The minimum absolute atomic E-state index is 0.0576. The summed E-state index contributed by atoms with van der Waals surface area (Å²) in [5.41, 5.74) is -0.108. The molecule has 1 aromatic heterocycles. The molecule has 0 amide bonds. The van der Waals surface area contributed by atoms with Crippen LogP contribution in [-0.2, 0) is 0 Å². The second-order valence-corrected chi connectivity index (χ2v) is 4.69. The highest BCUT2D eigenvalue weighted by molar-refractivity contribution is 6.30. The molecule has 1 aliphatic rings. The van der Waals surface area contributed by atoms with Crippen LogP contribution in [0.15, 0.2) is 12.3 Å². The van der Waals surface area contributed by atoms with E-state index >= 15 is 0 Å². The minimum Gasteiger partial charge on any atom is -0.395 e. The van der Waals surface area contributed by atoms with Crippen molar-refractivity contribution < 1.29 is 10.0 Å². The average Bonchev–Trinajstić information content (AvgIpc) is 2.26. The van der Waals surface area contributed by atoms with E-state index in [-0.39, 0.29) is 23.4 Å². The van der Waals surface area contributed by atoms with Crippen molar-refractivity contribution in [3.8, 4) is 0 Å². The van der Waals surface area contributed by atoms with E-state index in [1.165, 1.54) is 12.3 Å². The van der Waals surface area contributed by atoms with Gasteiger partial charge in [-0.15, -0.1) is 0 Å². The first-order valence-corrected chi connectivity index (χ1v) is 6.18. The largest absolute Gasteiger partial charge is 0.395 e. The van der Waals surface area contributed by atoms with Crippen LogP contribution < -0.4 is 4.90 Å². The number of rotatable bonds is 5. The number of nitro groups is 1. The smallest absolute Gasteiger partial charge is 0.313 e. The zero-order valence-electron chi connectivity index (χ0n) is 9.75. The van der Waals surface area contributed by atoms with Crippen LogP contribution in [0.5, 0.6) is 0 Å². The summed E-state index contributed by atoms with van der Waals surface area (Å²) in [6.45, 7) is 0.290. The van der Waals surface area contributed by atoms with Gasteiger partial charge < -0.3 is 10.0 Å². The molecule has 1 heterocycles. The highest BCUT2D eigenvalue weighted by atomic mass is 35.5. The Morgan fingerprint density at radius 1 is 1.61 bits per heavy atom. The average molecular weight is 272 g/mol. The second kappa shape index (κ2) is 5.49. The molecule has 0 atom stereocenters. The third kappa shape index (κ3) is 2.54. The molecule has 0 spiro atoms. The van der Waals surface area contributed by atoms with Gasteiger partial charge in [-0.2, -0.15) is 0 Å². The molecule has 1 aliphatic carbocycles. The molecule has 98 valence electrons. The number of pyridine rings is 1.